The minimum absolute atomic E-state index is 0.165. The Bertz CT molecular complexity index is 864. The number of carbonyl (C=O) groups is 1. The molecule has 1 aliphatic rings. The zero-order chi connectivity index (χ0) is 18.0. The minimum Gasteiger partial charge on any atom is -0.497 e. The number of aliphatic imine (C=N–C) groups is 1. The molecule has 3 rings (SSSR count). The molecule has 1 N–H and O–H groups in total. The van der Waals surface area contributed by atoms with Crippen LogP contribution in [0, 0.1) is 6.92 Å². The van der Waals surface area contributed by atoms with Crippen LogP contribution in [0.15, 0.2) is 34.3 Å². The molecule has 0 unspecified atom stereocenters. The predicted octanol–water partition coefficient (Wildman–Crippen LogP) is 3.27. The van der Waals surface area contributed by atoms with Gasteiger partial charge in [0.1, 0.15) is 17.3 Å². The smallest absolute Gasteiger partial charge is 0.289 e. The van der Waals surface area contributed by atoms with Gasteiger partial charge < -0.3 is 14.8 Å². The number of nitrogens with zero attached hydrogens (tertiary/aromatic N) is 3. The lowest BCUT2D eigenvalue weighted by Gasteiger charge is -2.06. The van der Waals surface area contributed by atoms with E-state index in [0.29, 0.717) is 23.0 Å². The summed E-state index contributed by atoms with van der Waals surface area (Å²) < 4.78 is 12.3. The Labute approximate surface area is 149 Å². The van der Waals surface area contributed by atoms with Gasteiger partial charge in [0.2, 0.25) is 0 Å². The highest BCUT2D eigenvalue weighted by Gasteiger charge is 2.24. The maximum atomic E-state index is 11.8. The molecule has 1 aromatic carbocycles. The molecule has 8 heteroatoms. The number of ether oxygens (including phenoxy) is 2. The number of rotatable bonds is 4. The molecule has 0 spiro atoms. The van der Waals surface area contributed by atoms with E-state index in [1.165, 1.54) is 0 Å². The third kappa shape index (κ3) is 3.69. The zero-order valence-corrected chi connectivity index (χ0v) is 15.2. The highest BCUT2D eigenvalue weighted by molar-refractivity contribution is 8.18. The van der Waals surface area contributed by atoms with Crippen molar-refractivity contribution >= 4 is 34.6 Å². The van der Waals surface area contributed by atoms with Gasteiger partial charge in [0.15, 0.2) is 0 Å². The van der Waals surface area contributed by atoms with E-state index in [0.717, 1.165) is 27.9 Å². The number of amidine groups is 1. The Morgan fingerprint density at radius 1 is 1.24 bits per heavy atom. The molecular weight excluding hydrogens is 340 g/mol. The van der Waals surface area contributed by atoms with E-state index in [9.17, 15) is 4.79 Å². The van der Waals surface area contributed by atoms with Crippen LogP contribution in [-0.4, -0.2) is 35.1 Å². The second-order valence-corrected chi connectivity index (χ2v) is 6.38. The van der Waals surface area contributed by atoms with Gasteiger partial charge in [-0.15, -0.1) is 0 Å². The van der Waals surface area contributed by atoms with E-state index >= 15 is 0 Å². The molecule has 1 saturated heterocycles. The second-order valence-electron chi connectivity index (χ2n) is 5.36. The zero-order valence-electron chi connectivity index (χ0n) is 14.4. The van der Waals surface area contributed by atoms with Gasteiger partial charge in [-0.2, -0.15) is 5.10 Å². The summed E-state index contributed by atoms with van der Waals surface area (Å²) in [5, 5.41) is 6.82. The van der Waals surface area contributed by atoms with Gasteiger partial charge in [0.25, 0.3) is 5.24 Å². The van der Waals surface area contributed by atoms with Crippen molar-refractivity contribution in [3.05, 3.63) is 40.6 Å². The van der Waals surface area contributed by atoms with Crippen molar-refractivity contribution in [3.8, 4) is 11.5 Å². The molecule has 0 radical (unpaired) electrons. The summed E-state index contributed by atoms with van der Waals surface area (Å²) in [6.45, 7) is 1.97. The molecule has 25 heavy (non-hydrogen) atoms. The topological polar surface area (TPSA) is 77.7 Å². The number of amides is 1. The number of nitrogens with one attached hydrogen (secondary N) is 1. The van der Waals surface area contributed by atoms with Gasteiger partial charge in [-0.25, -0.2) is 4.99 Å². The van der Waals surface area contributed by atoms with Crippen LogP contribution in [0.5, 0.6) is 11.5 Å². The first kappa shape index (κ1) is 17.1. The fraction of sp³-hybridized carbons (Fsp3) is 0.235. The third-order valence-electron chi connectivity index (χ3n) is 3.79. The van der Waals surface area contributed by atoms with Gasteiger partial charge in [-0.3, -0.25) is 9.48 Å². The number of thioether (sulfide) groups is 1. The lowest BCUT2D eigenvalue weighted by atomic mass is 10.2. The van der Waals surface area contributed by atoms with Gasteiger partial charge in [0, 0.05) is 36.5 Å². The van der Waals surface area contributed by atoms with Crippen molar-refractivity contribution < 1.29 is 14.3 Å². The van der Waals surface area contributed by atoms with E-state index in [4.69, 9.17) is 9.47 Å². The van der Waals surface area contributed by atoms with Crippen LogP contribution < -0.4 is 14.8 Å². The molecule has 0 bridgehead atoms. The Hall–Kier alpha value is -2.74. The van der Waals surface area contributed by atoms with Crippen LogP contribution in [0.4, 0.5) is 10.5 Å². The first-order valence-electron chi connectivity index (χ1n) is 7.51. The Balaban J connectivity index is 2.01. The highest BCUT2D eigenvalue weighted by atomic mass is 32.2. The monoisotopic (exact) mass is 358 g/mol. The van der Waals surface area contributed by atoms with E-state index in [1.54, 1.807) is 43.3 Å². The molecular formula is C17H18N4O3S. The second kappa shape index (κ2) is 7.02. The number of hydrogen-bond acceptors (Lipinski definition) is 6. The number of carbonyl (C=O) groups excluding carboxylic acids is 1. The lowest BCUT2D eigenvalue weighted by Crippen LogP contribution is -2.18. The van der Waals surface area contributed by atoms with Crippen LogP contribution in [0.3, 0.4) is 0 Å². The van der Waals surface area contributed by atoms with E-state index in [-0.39, 0.29) is 5.24 Å². The maximum Gasteiger partial charge on any atom is 0.289 e. The number of methoxy groups -OCH3 is 2. The van der Waals surface area contributed by atoms with Crippen molar-refractivity contribution in [2.75, 3.05) is 14.2 Å². The van der Waals surface area contributed by atoms with Gasteiger partial charge in [-0.1, -0.05) is 0 Å². The van der Waals surface area contributed by atoms with Crippen LogP contribution in [-0.2, 0) is 7.05 Å². The Morgan fingerprint density at radius 3 is 2.48 bits per heavy atom. The summed E-state index contributed by atoms with van der Waals surface area (Å²) in [5.41, 5.74) is 2.58. The summed E-state index contributed by atoms with van der Waals surface area (Å²) in [4.78, 5) is 17.1. The normalized spacial score (nSPS) is 17.2. The first-order valence-corrected chi connectivity index (χ1v) is 8.33. The van der Waals surface area contributed by atoms with Gasteiger partial charge >= 0.3 is 0 Å². The fourth-order valence-corrected chi connectivity index (χ4v) is 3.02. The maximum absolute atomic E-state index is 11.8. The Morgan fingerprint density at radius 2 is 1.92 bits per heavy atom. The van der Waals surface area contributed by atoms with Crippen LogP contribution in [0.2, 0.25) is 0 Å². The van der Waals surface area contributed by atoms with E-state index < -0.39 is 0 Å². The van der Waals surface area contributed by atoms with E-state index in [2.05, 4.69) is 15.4 Å². The number of aromatic nitrogens is 2. The van der Waals surface area contributed by atoms with Crippen molar-refractivity contribution in [2.24, 2.45) is 12.0 Å². The summed E-state index contributed by atoms with van der Waals surface area (Å²) in [7, 11) is 5.03. The highest BCUT2D eigenvalue weighted by Crippen LogP contribution is 2.32. The number of benzene rings is 1. The number of hydrogen-bond donors (Lipinski definition) is 1. The van der Waals surface area contributed by atoms with Crippen LogP contribution in [0.1, 0.15) is 11.3 Å². The average Bonchev–Trinajstić information content (AvgIpc) is 3.11. The van der Waals surface area contributed by atoms with Crippen molar-refractivity contribution in [1.29, 1.82) is 0 Å². The molecule has 0 aliphatic carbocycles. The average molecular weight is 358 g/mol. The summed E-state index contributed by atoms with van der Waals surface area (Å²) in [6.07, 6.45) is 3.67. The quantitative estimate of drug-likeness (QED) is 0.907. The van der Waals surface area contributed by atoms with Crippen molar-refractivity contribution in [3.63, 3.8) is 0 Å². The molecule has 130 valence electrons. The number of aryl methyl sites for hydroxylation is 1. The predicted molar refractivity (Wildman–Crippen MR) is 98.7 cm³/mol. The van der Waals surface area contributed by atoms with Crippen LogP contribution >= 0.6 is 11.8 Å². The van der Waals surface area contributed by atoms with Crippen molar-refractivity contribution in [1.82, 2.24) is 15.1 Å². The third-order valence-corrected chi connectivity index (χ3v) is 4.61. The molecule has 1 aliphatic heterocycles. The standard InChI is InChI=1S/C17H18N4O3S/c1-10-11(9-18-21(10)2)5-15-16(20-17(22)25-15)19-12-6-13(23-3)8-14(7-12)24-4/h5-9H,1-4H3,(H,19,20,22)/b15-5-. The fourth-order valence-electron chi connectivity index (χ4n) is 2.30. The molecule has 7 nitrogen and oxygen atoms in total. The summed E-state index contributed by atoms with van der Waals surface area (Å²) in [5.74, 6) is 1.75. The SMILES string of the molecule is COc1cc(N=C2NC(=O)S/C2=C\c2cnn(C)c2C)cc(OC)c1. The van der Waals surface area contributed by atoms with Crippen molar-refractivity contribution in [2.45, 2.75) is 6.92 Å². The molecule has 0 saturated carbocycles. The molecule has 1 aromatic heterocycles. The molecule has 0 atom stereocenters. The summed E-state index contributed by atoms with van der Waals surface area (Å²) in [6, 6.07) is 5.32. The molecule has 1 fully saturated rings. The molecule has 2 aromatic rings. The summed E-state index contributed by atoms with van der Waals surface area (Å²) >= 11 is 1.11. The van der Waals surface area contributed by atoms with Crippen LogP contribution in [0.25, 0.3) is 6.08 Å². The molecule has 2 heterocycles. The van der Waals surface area contributed by atoms with Gasteiger partial charge in [-0.05, 0) is 24.8 Å². The first-order chi connectivity index (χ1) is 12.0. The Kier molecular flexibility index (Phi) is 4.80. The largest absolute Gasteiger partial charge is 0.497 e. The van der Waals surface area contributed by atoms with E-state index in [1.807, 2.05) is 20.0 Å². The van der Waals surface area contributed by atoms with Gasteiger partial charge in [0.05, 0.1) is 31.0 Å². The minimum atomic E-state index is -0.165. The lowest BCUT2D eigenvalue weighted by molar-refractivity contribution is 0.265. The molecule has 1 amide bonds.